The molecule has 15 heavy (non-hydrogen) atoms. The summed E-state index contributed by atoms with van der Waals surface area (Å²) in [6.45, 7) is 8.03. The molecular weight excluding hydrogens is 192 g/mol. The van der Waals surface area contributed by atoms with Crippen LogP contribution in [0.5, 0.6) is 0 Å². The van der Waals surface area contributed by atoms with E-state index in [-0.39, 0.29) is 0 Å². The highest BCUT2D eigenvalue weighted by molar-refractivity contribution is 5.24. The van der Waals surface area contributed by atoms with Gasteiger partial charge in [-0.25, -0.2) is 0 Å². The molecule has 0 saturated carbocycles. The van der Waals surface area contributed by atoms with Crippen LogP contribution in [0, 0.1) is 0 Å². The van der Waals surface area contributed by atoms with Gasteiger partial charge >= 0.3 is 0 Å². The van der Waals surface area contributed by atoms with Gasteiger partial charge in [0.1, 0.15) is 0 Å². The molecule has 1 rings (SSSR count). The monoisotopic (exact) mass is 212 g/mol. The maximum atomic E-state index is 5.13. The van der Waals surface area contributed by atoms with Crippen LogP contribution < -0.4 is 10.2 Å². The Balaban J connectivity index is 2.39. The maximum Gasteiger partial charge on any atom is 0.265 e. The zero-order valence-electron chi connectivity index (χ0n) is 9.95. The van der Waals surface area contributed by atoms with Gasteiger partial charge in [0.15, 0.2) is 0 Å². The fourth-order valence-electron chi connectivity index (χ4n) is 1.11. The first-order valence-corrected chi connectivity index (χ1v) is 5.40. The third-order valence-corrected chi connectivity index (χ3v) is 2.16. The number of nitrogens with zero attached hydrogens (tertiary/aromatic N) is 3. The molecule has 0 aliphatic heterocycles. The first-order chi connectivity index (χ1) is 7.13. The van der Waals surface area contributed by atoms with Gasteiger partial charge in [0.05, 0.1) is 0 Å². The van der Waals surface area contributed by atoms with Crippen molar-refractivity contribution in [2.45, 2.75) is 33.2 Å². The van der Waals surface area contributed by atoms with Gasteiger partial charge < -0.3 is 14.7 Å². The fraction of sp³-hybridized carbons (Fsp3) is 0.800. The minimum Gasteiger partial charge on any atom is -0.342 e. The minimum atomic E-state index is 0.491. The van der Waals surface area contributed by atoms with E-state index in [1.165, 1.54) is 0 Å². The molecule has 0 radical (unpaired) electrons. The molecule has 5 heteroatoms. The van der Waals surface area contributed by atoms with Crippen LogP contribution in [0.2, 0.25) is 0 Å². The second-order valence-corrected chi connectivity index (χ2v) is 3.86. The lowest BCUT2D eigenvalue weighted by Crippen LogP contribution is -2.25. The minimum absolute atomic E-state index is 0.491. The molecule has 0 spiro atoms. The summed E-state index contributed by atoms with van der Waals surface area (Å²) >= 11 is 0. The van der Waals surface area contributed by atoms with Gasteiger partial charge in [-0.05, 0) is 12.1 Å². The SMILES string of the molecule is CCN(C)c1noc(CCNC(C)C)n1. The van der Waals surface area contributed by atoms with Crippen molar-refractivity contribution in [2.24, 2.45) is 0 Å². The molecule has 5 nitrogen and oxygen atoms in total. The maximum absolute atomic E-state index is 5.13. The van der Waals surface area contributed by atoms with E-state index < -0.39 is 0 Å². The zero-order valence-corrected chi connectivity index (χ0v) is 9.95. The van der Waals surface area contributed by atoms with Crippen LogP contribution in [0.15, 0.2) is 4.52 Å². The molecule has 1 aromatic rings. The van der Waals surface area contributed by atoms with Crippen LogP contribution in [-0.2, 0) is 6.42 Å². The largest absolute Gasteiger partial charge is 0.342 e. The molecule has 0 bridgehead atoms. The van der Waals surface area contributed by atoms with Crippen molar-refractivity contribution in [2.75, 3.05) is 25.0 Å². The molecule has 0 saturated heterocycles. The van der Waals surface area contributed by atoms with Crippen LogP contribution in [0.1, 0.15) is 26.7 Å². The Morgan fingerprint density at radius 2 is 2.20 bits per heavy atom. The molecule has 0 unspecified atom stereocenters. The quantitative estimate of drug-likeness (QED) is 0.764. The number of hydrogen-bond acceptors (Lipinski definition) is 5. The van der Waals surface area contributed by atoms with E-state index in [4.69, 9.17) is 4.52 Å². The average Bonchev–Trinajstić information content (AvgIpc) is 2.65. The van der Waals surface area contributed by atoms with E-state index in [1.54, 1.807) is 0 Å². The van der Waals surface area contributed by atoms with Crippen LogP contribution in [0.3, 0.4) is 0 Å². The van der Waals surface area contributed by atoms with Crippen molar-refractivity contribution in [3.63, 3.8) is 0 Å². The lowest BCUT2D eigenvalue weighted by molar-refractivity contribution is 0.373. The first kappa shape index (κ1) is 12.0. The van der Waals surface area contributed by atoms with Gasteiger partial charge in [-0.3, -0.25) is 0 Å². The number of nitrogens with one attached hydrogen (secondary N) is 1. The number of hydrogen-bond donors (Lipinski definition) is 1. The van der Waals surface area contributed by atoms with Crippen molar-refractivity contribution in [1.29, 1.82) is 0 Å². The summed E-state index contributed by atoms with van der Waals surface area (Å²) in [5.74, 6) is 1.36. The van der Waals surface area contributed by atoms with E-state index in [1.807, 2.05) is 11.9 Å². The highest BCUT2D eigenvalue weighted by Crippen LogP contribution is 2.06. The third kappa shape index (κ3) is 3.87. The highest BCUT2D eigenvalue weighted by atomic mass is 16.5. The second kappa shape index (κ2) is 5.70. The van der Waals surface area contributed by atoms with Crippen molar-refractivity contribution in [3.8, 4) is 0 Å². The van der Waals surface area contributed by atoms with E-state index >= 15 is 0 Å². The summed E-state index contributed by atoms with van der Waals surface area (Å²) in [6, 6.07) is 0.491. The van der Waals surface area contributed by atoms with E-state index in [0.29, 0.717) is 17.9 Å². The third-order valence-electron chi connectivity index (χ3n) is 2.16. The predicted octanol–water partition coefficient (Wildman–Crippen LogP) is 1.07. The standard InChI is InChI=1S/C10H20N4O/c1-5-14(4)10-12-9(15-13-10)6-7-11-8(2)3/h8,11H,5-7H2,1-4H3. The average molecular weight is 212 g/mol. The van der Waals surface area contributed by atoms with E-state index in [2.05, 4.69) is 36.2 Å². The summed E-state index contributed by atoms with van der Waals surface area (Å²) in [4.78, 5) is 6.23. The molecule has 1 N–H and O–H groups in total. The molecule has 1 heterocycles. The molecule has 1 aromatic heterocycles. The van der Waals surface area contributed by atoms with Crippen LogP contribution >= 0.6 is 0 Å². The molecule has 0 fully saturated rings. The Labute approximate surface area is 90.8 Å². The van der Waals surface area contributed by atoms with Gasteiger partial charge in [0, 0.05) is 32.6 Å². The second-order valence-electron chi connectivity index (χ2n) is 3.86. The summed E-state index contributed by atoms with van der Waals surface area (Å²) in [5, 5.41) is 7.20. The Hall–Kier alpha value is -1.10. The predicted molar refractivity (Wildman–Crippen MR) is 60.1 cm³/mol. The topological polar surface area (TPSA) is 54.2 Å². The van der Waals surface area contributed by atoms with Crippen molar-refractivity contribution in [1.82, 2.24) is 15.5 Å². The zero-order chi connectivity index (χ0) is 11.3. The normalized spacial score (nSPS) is 11.0. The molecule has 0 aliphatic rings. The molecule has 0 amide bonds. The Bertz CT molecular complexity index is 285. The van der Waals surface area contributed by atoms with Gasteiger partial charge in [-0.15, -0.1) is 0 Å². The van der Waals surface area contributed by atoms with Crippen LogP contribution in [-0.4, -0.2) is 36.3 Å². The van der Waals surface area contributed by atoms with Crippen molar-refractivity contribution >= 4 is 5.95 Å². The lowest BCUT2D eigenvalue weighted by Gasteiger charge is -2.08. The smallest absolute Gasteiger partial charge is 0.265 e. The Morgan fingerprint density at radius 1 is 1.47 bits per heavy atom. The number of anilines is 1. The van der Waals surface area contributed by atoms with Crippen molar-refractivity contribution in [3.05, 3.63) is 5.89 Å². The lowest BCUT2D eigenvalue weighted by atomic mass is 10.3. The highest BCUT2D eigenvalue weighted by Gasteiger charge is 2.08. The van der Waals surface area contributed by atoms with Crippen LogP contribution in [0.4, 0.5) is 5.95 Å². The first-order valence-electron chi connectivity index (χ1n) is 5.40. The summed E-state index contributed by atoms with van der Waals surface area (Å²) in [7, 11) is 1.95. The molecule has 0 aromatic carbocycles. The van der Waals surface area contributed by atoms with E-state index in [0.717, 1.165) is 19.5 Å². The molecule has 0 aliphatic carbocycles. The van der Waals surface area contributed by atoms with Gasteiger partial charge in [-0.1, -0.05) is 13.8 Å². The number of rotatable bonds is 6. The summed E-state index contributed by atoms with van der Waals surface area (Å²) in [6.07, 6.45) is 0.780. The van der Waals surface area contributed by atoms with Crippen LogP contribution in [0.25, 0.3) is 0 Å². The Morgan fingerprint density at radius 3 is 2.80 bits per heavy atom. The molecule has 0 atom stereocenters. The molecule has 86 valence electrons. The van der Waals surface area contributed by atoms with Crippen molar-refractivity contribution < 1.29 is 4.52 Å². The van der Waals surface area contributed by atoms with Gasteiger partial charge in [0.2, 0.25) is 5.89 Å². The van der Waals surface area contributed by atoms with E-state index in [9.17, 15) is 0 Å². The molecular formula is C10H20N4O. The summed E-state index contributed by atoms with van der Waals surface area (Å²) in [5.41, 5.74) is 0. The Kier molecular flexibility index (Phi) is 4.55. The van der Waals surface area contributed by atoms with Gasteiger partial charge in [-0.2, -0.15) is 4.98 Å². The van der Waals surface area contributed by atoms with Gasteiger partial charge in [0.25, 0.3) is 5.95 Å². The fourth-order valence-corrected chi connectivity index (χ4v) is 1.11. The summed E-state index contributed by atoms with van der Waals surface area (Å²) < 4.78 is 5.13. The number of aromatic nitrogens is 2.